The smallest absolute Gasteiger partial charge is 0.175 e. The van der Waals surface area contributed by atoms with Gasteiger partial charge in [-0.05, 0) is 24.6 Å². The first kappa shape index (κ1) is 10.7. The Morgan fingerprint density at radius 1 is 1.29 bits per heavy atom. The second-order valence-corrected chi connectivity index (χ2v) is 5.21. The minimum absolute atomic E-state index is 0.205. The largest absolute Gasteiger partial charge is 0.224 e. The highest BCUT2D eigenvalue weighted by atomic mass is 32.2. The molecule has 0 N–H and O–H groups in total. The van der Waals surface area contributed by atoms with Gasteiger partial charge in [-0.3, -0.25) is 0 Å². The summed E-state index contributed by atoms with van der Waals surface area (Å²) in [5, 5.41) is 8.65. The van der Waals surface area contributed by atoms with Crippen molar-refractivity contribution >= 4 is 9.84 Å². The normalized spacial score (nSPS) is 13.2. The monoisotopic (exact) mass is 209 g/mol. The molecule has 3 nitrogen and oxygen atoms in total. The van der Waals surface area contributed by atoms with E-state index in [-0.39, 0.29) is 10.8 Å². The zero-order valence-electron chi connectivity index (χ0n) is 8.06. The first-order valence-electron chi connectivity index (χ1n) is 4.15. The Kier molecular flexibility index (Phi) is 2.92. The fourth-order valence-electron chi connectivity index (χ4n) is 1.08. The van der Waals surface area contributed by atoms with Crippen molar-refractivity contribution in [3.05, 3.63) is 29.8 Å². The van der Waals surface area contributed by atoms with E-state index in [2.05, 4.69) is 6.07 Å². The van der Waals surface area contributed by atoms with Gasteiger partial charge in [0.25, 0.3) is 0 Å². The molecule has 0 aliphatic heterocycles. The average Bonchev–Trinajstić information content (AvgIpc) is 2.15. The summed E-state index contributed by atoms with van der Waals surface area (Å²) >= 11 is 0. The predicted octanol–water partition coefficient (Wildman–Crippen LogP) is 1.72. The van der Waals surface area contributed by atoms with E-state index in [1.807, 2.05) is 0 Å². The molecule has 74 valence electrons. The van der Waals surface area contributed by atoms with Crippen LogP contribution in [0.15, 0.2) is 29.2 Å². The number of hydrogen-bond donors (Lipinski definition) is 0. The number of hydrogen-bond acceptors (Lipinski definition) is 3. The Morgan fingerprint density at radius 3 is 2.14 bits per heavy atom. The third kappa shape index (κ3) is 2.33. The molecule has 0 heterocycles. The second kappa shape index (κ2) is 3.81. The average molecular weight is 209 g/mol. The third-order valence-corrected chi connectivity index (χ3v) is 3.13. The molecule has 0 aliphatic carbocycles. The van der Waals surface area contributed by atoms with Crippen LogP contribution in [-0.4, -0.2) is 14.7 Å². The van der Waals surface area contributed by atoms with Crippen molar-refractivity contribution in [3.63, 3.8) is 0 Å². The lowest BCUT2D eigenvalue weighted by Crippen LogP contribution is -1.97. The lowest BCUT2D eigenvalue weighted by Gasteiger charge is -2.03. The Morgan fingerprint density at radius 2 is 1.79 bits per heavy atom. The standard InChI is InChI=1S/C10H11NO2S/c1-8(7-11)9-3-5-10(6-4-9)14(2,12)13/h3-6,8H,1-2H3/t8-/m1/s1. The molecule has 1 rings (SSSR count). The quantitative estimate of drug-likeness (QED) is 0.745. The molecular weight excluding hydrogens is 198 g/mol. The van der Waals surface area contributed by atoms with Gasteiger partial charge in [-0.1, -0.05) is 12.1 Å². The zero-order valence-corrected chi connectivity index (χ0v) is 8.88. The zero-order chi connectivity index (χ0) is 10.8. The van der Waals surface area contributed by atoms with Crippen LogP contribution in [0.1, 0.15) is 18.4 Å². The first-order chi connectivity index (χ1) is 6.45. The minimum Gasteiger partial charge on any atom is -0.224 e. The number of sulfone groups is 1. The molecule has 0 amide bonds. The number of nitriles is 1. The van der Waals surface area contributed by atoms with Crippen LogP contribution in [0, 0.1) is 11.3 Å². The van der Waals surface area contributed by atoms with Gasteiger partial charge >= 0.3 is 0 Å². The lowest BCUT2D eigenvalue weighted by molar-refractivity contribution is 0.602. The summed E-state index contributed by atoms with van der Waals surface area (Å²) in [6.07, 6.45) is 1.16. The van der Waals surface area contributed by atoms with Gasteiger partial charge in [0.15, 0.2) is 9.84 Å². The molecule has 0 saturated heterocycles. The molecule has 0 unspecified atom stereocenters. The van der Waals surface area contributed by atoms with Crippen molar-refractivity contribution < 1.29 is 8.42 Å². The predicted molar refractivity (Wildman–Crippen MR) is 53.6 cm³/mol. The van der Waals surface area contributed by atoms with Crippen molar-refractivity contribution in [1.82, 2.24) is 0 Å². The van der Waals surface area contributed by atoms with Gasteiger partial charge < -0.3 is 0 Å². The van der Waals surface area contributed by atoms with Crippen LogP contribution in [0.3, 0.4) is 0 Å². The summed E-state index contributed by atoms with van der Waals surface area (Å²) in [5.41, 5.74) is 0.833. The summed E-state index contributed by atoms with van der Waals surface area (Å²) in [4.78, 5) is 0.284. The number of nitrogens with zero attached hydrogens (tertiary/aromatic N) is 1. The van der Waals surface area contributed by atoms with Crippen molar-refractivity contribution in [2.45, 2.75) is 17.7 Å². The minimum atomic E-state index is -3.13. The maximum atomic E-state index is 11.1. The van der Waals surface area contributed by atoms with Crippen LogP contribution in [0.2, 0.25) is 0 Å². The number of rotatable bonds is 2. The van der Waals surface area contributed by atoms with Crippen molar-refractivity contribution in [1.29, 1.82) is 5.26 Å². The molecule has 4 heteroatoms. The second-order valence-electron chi connectivity index (χ2n) is 3.19. The van der Waals surface area contributed by atoms with Crippen molar-refractivity contribution in [2.75, 3.05) is 6.26 Å². The van der Waals surface area contributed by atoms with E-state index in [9.17, 15) is 8.42 Å². The van der Waals surface area contributed by atoms with E-state index in [1.54, 1.807) is 19.1 Å². The van der Waals surface area contributed by atoms with E-state index in [4.69, 9.17) is 5.26 Å². The van der Waals surface area contributed by atoms with Gasteiger partial charge in [0.1, 0.15) is 0 Å². The van der Waals surface area contributed by atoms with E-state index in [1.165, 1.54) is 12.1 Å². The number of benzene rings is 1. The van der Waals surface area contributed by atoms with Gasteiger partial charge in [-0.25, -0.2) is 8.42 Å². The van der Waals surface area contributed by atoms with E-state index in [0.717, 1.165) is 11.8 Å². The molecule has 0 fully saturated rings. The van der Waals surface area contributed by atoms with Gasteiger partial charge in [0.2, 0.25) is 0 Å². The molecule has 1 atom stereocenters. The van der Waals surface area contributed by atoms with Crippen LogP contribution in [0.5, 0.6) is 0 Å². The molecule has 0 saturated carbocycles. The molecule has 0 spiro atoms. The Balaban J connectivity index is 3.09. The van der Waals surface area contributed by atoms with Gasteiger partial charge in [0.05, 0.1) is 16.9 Å². The summed E-state index contributed by atoms with van der Waals surface area (Å²) in [7, 11) is -3.13. The molecule has 0 aromatic heterocycles. The lowest BCUT2D eigenvalue weighted by atomic mass is 10.0. The summed E-state index contributed by atoms with van der Waals surface area (Å²) in [6.45, 7) is 1.77. The van der Waals surface area contributed by atoms with Crippen molar-refractivity contribution in [3.8, 4) is 6.07 Å². The van der Waals surface area contributed by atoms with E-state index < -0.39 is 9.84 Å². The molecule has 0 radical (unpaired) electrons. The molecule has 0 aliphatic rings. The fraction of sp³-hybridized carbons (Fsp3) is 0.300. The summed E-state index contributed by atoms with van der Waals surface area (Å²) in [5.74, 6) is -0.205. The van der Waals surface area contributed by atoms with E-state index in [0.29, 0.717) is 0 Å². The van der Waals surface area contributed by atoms with Gasteiger partial charge in [-0.15, -0.1) is 0 Å². The summed E-state index contributed by atoms with van der Waals surface area (Å²) in [6, 6.07) is 8.48. The third-order valence-electron chi connectivity index (χ3n) is 2.00. The fourth-order valence-corrected chi connectivity index (χ4v) is 1.71. The Hall–Kier alpha value is -1.34. The SMILES string of the molecule is C[C@H](C#N)c1ccc(S(C)(=O)=O)cc1. The maximum Gasteiger partial charge on any atom is 0.175 e. The van der Waals surface area contributed by atoms with Crippen molar-refractivity contribution in [2.24, 2.45) is 0 Å². The van der Waals surface area contributed by atoms with Crippen LogP contribution >= 0.6 is 0 Å². The molecule has 14 heavy (non-hydrogen) atoms. The highest BCUT2D eigenvalue weighted by Crippen LogP contribution is 2.16. The topological polar surface area (TPSA) is 57.9 Å². The molecule has 0 bridgehead atoms. The molecule has 1 aromatic rings. The van der Waals surface area contributed by atoms with E-state index >= 15 is 0 Å². The van der Waals surface area contributed by atoms with Crippen LogP contribution < -0.4 is 0 Å². The highest BCUT2D eigenvalue weighted by Gasteiger charge is 2.08. The van der Waals surface area contributed by atoms with Gasteiger partial charge in [-0.2, -0.15) is 5.26 Å². The van der Waals surface area contributed by atoms with Gasteiger partial charge in [0, 0.05) is 6.26 Å². The molecular formula is C10H11NO2S. The summed E-state index contributed by atoms with van der Waals surface area (Å²) < 4.78 is 22.2. The van der Waals surface area contributed by atoms with Crippen LogP contribution in [-0.2, 0) is 9.84 Å². The first-order valence-corrected chi connectivity index (χ1v) is 6.04. The Bertz CT molecular complexity index is 454. The highest BCUT2D eigenvalue weighted by molar-refractivity contribution is 7.90. The van der Waals surface area contributed by atoms with Crippen LogP contribution in [0.4, 0.5) is 0 Å². The van der Waals surface area contributed by atoms with Crippen LogP contribution in [0.25, 0.3) is 0 Å². The molecule has 1 aromatic carbocycles. The maximum absolute atomic E-state index is 11.1. The Labute approximate surface area is 83.9 Å².